The molecule has 1 aromatic carbocycles. The van der Waals surface area contributed by atoms with Gasteiger partial charge >= 0.3 is 0 Å². The second-order valence-electron chi connectivity index (χ2n) is 2.89. The first kappa shape index (κ1) is 11.1. The zero-order chi connectivity index (χ0) is 10.9. The summed E-state index contributed by atoms with van der Waals surface area (Å²) in [4.78, 5) is 8.30. The first-order chi connectivity index (χ1) is 7.33. The first-order valence-electron chi connectivity index (χ1n) is 4.76. The number of allylic oxidation sites excluding steroid dienone is 3. The van der Waals surface area contributed by atoms with Crippen molar-refractivity contribution < 1.29 is 0 Å². The molecule has 0 aromatic heterocycles. The van der Waals surface area contributed by atoms with Gasteiger partial charge in [0, 0.05) is 6.21 Å². The van der Waals surface area contributed by atoms with E-state index in [2.05, 4.69) is 16.6 Å². The summed E-state index contributed by atoms with van der Waals surface area (Å²) in [6.45, 7) is 5.70. The maximum Gasteiger partial charge on any atom is 0.0740 e. The van der Waals surface area contributed by atoms with E-state index in [4.69, 9.17) is 0 Å². The van der Waals surface area contributed by atoms with Crippen LogP contribution in [0.3, 0.4) is 0 Å². The van der Waals surface area contributed by atoms with Crippen molar-refractivity contribution in [3.05, 3.63) is 54.8 Å². The molecule has 15 heavy (non-hydrogen) atoms. The van der Waals surface area contributed by atoms with Crippen LogP contribution in [-0.2, 0) is 0 Å². The predicted molar refractivity (Wildman–Crippen MR) is 67.0 cm³/mol. The lowest BCUT2D eigenvalue weighted by molar-refractivity contribution is 1.48. The summed E-state index contributed by atoms with van der Waals surface area (Å²) >= 11 is 0. The van der Waals surface area contributed by atoms with Crippen molar-refractivity contribution in [3.8, 4) is 0 Å². The van der Waals surface area contributed by atoms with Gasteiger partial charge < -0.3 is 0 Å². The topological polar surface area (TPSA) is 24.7 Å². The van der Waals surface area contributed by atoms with Gasteiger partial charge in [-0.2, -0.15) is 0 Å². The molecule has 0 aliphatic carbocycles. The van der Waals surface area contributed by atoms with E-state index >= 15 is 0 Å². The molecule has 0 spiro atoms. The molecule has 0 amide bonds. The molecule has 0 N–H and O–H groups in total. The average Bonchev–Trinajstić information content (AvgIpc) is 2.28. The fourth-order valence-corrected chi connectivity index (χ4v) is 0.921. The Hall–Kier alpha value is -1.96. The largest absolute Gasteiger partial charge is 0.256 e. The van der Waals surface area contributed by atoms with Crippen molar-refractivity contribution in [2.45, 2.75) is 6.92 Å². The van der Waals surface area contributed by atoms with E-state index in [0.717, 1.165) is 5.69 Å². The summed E-state index contributed by atoms with van der Waals surface area (Å²) in [5.41, 5.74) is 1.54. The van der Waals surface area contributed by atoms with Gasteiger partial charge in [-0.25, -0.2) is 0 Å². The van der Waals surface area contributed by atoms with E-state index in [1.165, 1.54) is 0 Å². The fraction of sp³-hybridized carbons (Fsp3) is 0.0769. The summed E-state index contributed by atoms with van der Waals surface area (Å²) < 4.78 is 0. The summed E-state index contributed by atoms with van der Waals surface area (Å²) in [5, 5.41) is 0. The van der Waals surface area contributed by atoms with E-state index in [1.807, 2.05) is 49.4 Å². The molecule has 76 valence electrons. The van der Waals surface area contributed by atoms with Crippen LogP contribution in [0, 0.1) is 0 Å². The second kappa shape index (κ2) is 6.49. The molecular formula is C13H14N2. The Labute approximate surface area is 90.4 Å². The third kappa shape index (κ3) is 4.72. The van der Waals surface area contributed by atoms with Crippen molar-refractivity contribution in [1.82, 2.24) is 0 Å². The molecule has 0 saturated carbocycles. The molecule has 0 unspecified atom stereocenters. The normalized spacial score (nSPS) is 11.8. The smallest absolute Gasteiger partial charge is 0.0740 e. The van der Waals surface area contributed by atoms with Crippen molar-refractivity contribution in [2.75, 3.05) is 0 Å². The van der Waals surface area contributed by atoms with Gasteiger partial charge in [0.2, 0.25) is 0 Å². The lowest BCUT2D eigenvalue weighted by Crippen LogP contribution is -1.77. The minimum absolute atomic E-state index is 0.636. The van der Waals surface area contributed by atoms with Crippen molar-refractivity contribution in [3.63, 3.8) is 0 Å². The van der Waals surface area contributed by atoms with E-state index in [0.29, 0.717) is 5.70 Å². The Morgan fingerprint density at radius 2 is 2.00 bits per heavy atom. The lowest BCUT2D eigenvalue weighted by atomic mass is 10.3. The molecule has 0 bridgehead atoms. The molecule has 0 atom stereocenters. The molecule has 0 fully saturated rings. The van der Waals surface area contributed by atoms with Crippen LogP contribution in [-0.4, -0.2) is 12.4 Å². The van der Waals surface area contributed by atoms with E-state index < -0.39 is 0 Å². The maximum atomic E-state index is 4.22. The third-order valence-corrected chi connectivity index (χ3v) is 1.64. The standard InChI is InChI=1S/C13H14N2/c1-3-4-10-14-12(2)11-15-13-8-6-5-7-9-13/h3-11H,2H2,1H3/b4-3-,14-10-,15-11+. The third-order valence-electron chi connectivity index (χ3n) is 1.64. The van der Waals surface area contributed by atoms with Crippen LogP contribution < -0.4 is 0 Å². The van der Waals surface area contributed by atoms with Gasteiger partial charge in [0.25, 0.3) is 0 Å². The van der Waals surface area contributed by atoms with Gasteiger partial charge in [-0.1, -0.05) is 30.9 Å². The average molecular weight is 198 g/mol. The fourth-order valence-electron chi connectivity index (χ4n) is 0.921. The van der Waals surface area contributed by atoms with Gasteiger partial charge in [0.15, 0.2) is 0 Å². The van der Waals surface area contributed by atoms with Gasteiger partial charge in [0.05, 0.1) is 17.6 Å². The van der Waals surface area contributed by atoms with Crippen molar-refractivity contribution in [2.24, 2.45) is 9.98 Å². The van der Waals surface area contributed by atoms with Crippen LogP contribution in [0.15, 0.2) is 64.7 Å². The Bertz CT molecular complexity index is 386. The molecule has 0 aliphatic rings. The zero-order valence-corrected chi connectivity index (χ0v) is 8.80. The minimum Gasteiger partial charge on any atom is -0.256 e. The van der Waals surface area contributed by atoms with Gasteiger partial charge in [-0.15, -0.1) is 0 Å². The molecule has 0 radical (unpaired) electrons. The summed E-state index contributed by atoms with van der Waals surface area (Å²) in [7, 11) is 0. The summed E-state index contributed by atoms with van der Waals surface area (Å²) in [6.07, 6.45) is 7.10. The highest BCUT2D eigenvalue weighted by atomic mass is 14.8. The van der Waals surface area contributed by atoms with Gasteiger partial charge in [0.1, 0.15) is 0 Å². The Balaban J connectivity index is 2.55. The predicted octanol–water partition coefficient (Wildman–Crippen LogP) is 3.55. The van der Waals surface area contributed by atoms with Crippen LogP contribution in [0.25, 0.3) is 0 Å². The number of rotatable bonds is 4. The molecular weight excluding hydrogens is 184 g/mol. The number of hydrogen-bond donors (Lipinski definition) is 0. The quantitative estimate of drug-likeness (QED) is 0.661. The van der Waals surface area contributed by atoms with Gasteiger partial charge in [-0.05, 0) is 25.1 Å². The molecule has 2 nitrogen and oxygen atoms in total. The Kier molecular flexibility index (Phi) is 4.81. The molecule has 0 heterocycles. The van der Waals surface area contributed by atoms with Crippen LogP contribution in [0.4, 0.5) is 5.69 Å². The summed E-state index contributed by atoms with van der Waals surface area (Å²) in [5.74, 6) is 0. The molecule has 0 saturated heterocycles. The number of benzene rings is 1. The maximum absolute atomic E-state index is 4.22. The molecule has 0 aliphatic heterocycles. The first-order valence-corrected chi connectivity index (χ1v) is 4.76. The van der Waals surface area contributed by atoms with E-state index in [9.17, 15) is 0 Å². The highest BCUT2D eigenvalue weighted by Crippen LogP contribution is 2.09. The van der Waals surface area contributed by atoms with Crippen molar-refractivity contribution in [1.29, 1.82) is 0 Å². The minimum atomic E-state index is 0.636. The Morgan fingerprint density at radius 1 is 1.27 bits per heavy atom. The molecule has 1 aromatic rings. The van der Waals surface area contributed by atoms with E-state index in [1.54, 1.807) is 12.4 Å². The van der Waals surface area contributed by atoms with Gasteiger partial charge in [-0.3, -0.25) is 9.98 Å². The number of aliphatic imine (C=N–C) groups is 2. The monoisotopic (exact) mass is 198 g/mol. The highest BCUT2D eigenvalue weighted by molar-refractivity contribution is 5.84. The number of hydrogen-bond acceptors (Lipinski definition) is 2. The number of nitrogens with zero attached hydrogens (tertiary/aromatic N) is 2. The summed E-state index contributed by atoms with van der Waals surface area (Å²) in [6, 6.07) is 9.70. The van der Waals surface area contributed by atoms with Crippen LogP contribution in [0.2, 0.25) is 0 Å². The van der Waals surface area contributed by atoms with E-state index in [-0.39, 0.29) is 0 Å². The van der Waals surface area contributed by atoms with Crippen LogP contribution >= 0.6 is 0 Å². The van der Waals surface area contributed by atoms with Crippen LogP contribution in [0.5, 0.6) is 0 Å². The molecule has 1 rings (SSSR count). The molecule has 2 heteroatoms. The SMILES string of the molecule is C=C(/C=N/c1ccccc1)/N=C\C=C/C. The second-order valence-corrected chi connectivity index (χ2v) is 2.89. The zero-order valence-electron chi connectivity index (χ0n) is 8.80. The van der Waals surface area contributed by atoms with Crippen LogP contribution in [0.1, 0.15) is 6.92 Å². The Morgan fingerprint density at radius 3 is 2.67 bits per heavy atom. The number of para-hydroxylation sites is 1. The highest BCUT2D eigenvalue weighted by Gasteiger charge is 1.84. The van der Waals surface area contributed by atoms with Crippen molar-refractivity contribution >= 4 is 18.1 Å². The lowest BCUT2D eigenvalue weighted by Gasteiger charge is -1.91.